The van der Waals surface area contributed by atoms with Crippen LogP contribution < -0.4 is 10.6 Å². The number of carboxylic acids is 1. The topological polar surface area (TPSA) is 123 Å². The van der Waals surface area contributed by atoms with Crippen LogP contribution in [-0.2, 0) is 23.8 Å². The van der Waals surface area contributed by atoms with E-state index in [0.29, 0.717) is 13.0 Å². The number of nitrogens with one attached hydrogen (secondary N) is 2. The highest BCUT2D eigenvalue weighted by molar-refractivity contribution is 5.93. The largest absolute Gasteiger partial charge is 0.480 e. The molecule has 2 aliphatic rings. The molecule has 1 aliphatic carbocycles. The fourth-order valence-electron chi connectivity index (χ4n) is 4.71. The first-order chi connectivity index (χ1) is 16.9. The Labute approximate surface area is 203 Å². The van der Waals surface area contributed by atoms with E-state index in [2.05, 4.69) is 22.8 Å². The minimum atomic E-state index is -1.39. The normalized spacial score (nSPS) is 19.5. The molecule has 2 atom stereocenters. The van der Waals surface area contributed by atoms with E-state index in [-0.39, 0.29) is 38.6 Å². The van der Waals surface area contributed by atoms with Crippen LogP contribution in [-0.4, -0.2) is 68.2 Å². The fourth-order valence-corrected chi connectivity index (χ4v) is 4.71. The van der Waals surface area contributed by atoms with E-state index >= 15 is 0 Å². The summed E-state index contributed by atoms with van der Waals surface area (Å²) >= 11 is 0. The van der Waals surface area contributed by atoms with Gasteiger partial charge in [0.15, 0.2) is 0 Å². The molecule has 9 nitrogen and oxygen atoms in total. The Hall–Kier alpha value is -3.43. The number of hydrogen-bond acceptors (Lipinski definition) is 6. The summed E-state index contributed by atoms with van der Waals surface area (Å²) in [5.74, 6) is -1.87. The number of fused-ring (bicyclic) bond motifs is 3. The van der Waals surface area contributed by atoms with Gasteiger partial charge in [0.2, 0.25) is 5.91 Å². The zero-order valence-corrected chi connectivity index (χ0v) is 19.6. The predicted molar refractivity (Wildman–Crippen MR) is 127 cm³/mol. The van der Waals surface area contributed by atoms with Crippen molar-refractivity contribution in [3.05, 3.63) is 59.7 Å². The molecule has 0 radical (unpaired) electrons. The van der Waals surface area contributed by atoms with Gasteiger partial charge in [0.25, 0.3) is 0 Å². The summed E-state index contributed by atoms with van der Waals surface area (Å²) in [6.07, 6.45) is 0.139. The molecule has 1 fully saturated rings. The summed E-state index contributed by atoms with van der Waals surface area (Å²) in [4.78, 5) is 37.5. The Morgan fingerprint density at radius 3 is 2.34 bits per heavy atom. The number of aliphatic carboxylic acids is 1. The number of carboxylic acid groups (broad SMARTS) is 1. The molecule has 0 aromatic heterocycles. The van der Waals surface area contributed by atoms with E-state index in [1.165, 1.54) is 7.11 Å². The molecule has 4 rings (SSSR count). The van der Waals surface area contributed by atoms with Crippen molar-refractivity contribution in [3.8, 4) is 11.1 Å². The predicted octanol–water partition coefficient (Wildman–Crippen LogP) is 2.68. The average Bonchev–Trinajstić information content (AvgIpc) is 3.45. The minimum absolute atomic E-state index is 0.0621. The van der Waals surface area contributed by atoms with Crippen molar-refractivity contribution in [3.63, 3.8) is 0 Å². The van der Waals surface area contributed by atoms with E-state index in [0.717, 1.165) is 22.3 Å². The summed E-state index contributed by atoms with van der Waals surface area (Å²) in [5, 5.41) is 14.7. The molecule has 2 unspecified atom stereocenters. The maximum Gasteiger partial charge on any atom is 0.408 e. The maximum atomic E-state index is 13.1. The minimum Gasteiger partial charge on any atom is -0.480 e. The van der Waals surface area contributed by atoms with Crippen LogP contribution in [0.5, 0.6) is 0 Å². The molecule has 2 aromatic carbocycles. The Morgan fingerprint density at radius 2 is 1.77 bits per heavy atom. The van der Waals surface area contributed by atoms with Crippen molar-refractivity contribution in [2.75, 3.05) is 33.5 Å². The molecule has 0 bridgehead atoms. The van der Waals surface area contributed by atoms with Crippen LogP contribution >= 0.6 is 0 Å². The second-order valence-electron chi connectivity index (χ2n) is 8.83. The lowest BCUT2D eigenvalue weighted by molar-refractivity contribution is -0.143. The van der Waals surface area contributed by atoms with Gasteiger partial charge in [-0.05, 0) is 35.1 Å². The standard InChI is InChI=1S/C26H30N2O7/c1-33-13-6-11-22(23(29)30)27-24(31)26(12-14-34-16-26)28-25(32)35-15-21-19-9-4-2-7-17(19)18-8-3-5-10-20(18)21/h2-5,7-10,21-22H,6,11-16H2,1H3,(H,27,31)(H,28,32)(H,29,30). The lowest BCUT2D eigenvalue weighted by Crippen LogP contribution is -2.61. The molecule has 35 heavy (non-hydrogen) atoms. The van der Waals surface area contributed by atoms with Gasteiger partial charge in [-0.15, -0.1) is 0 Å². The van der Waals surface area contributed by atoms with Crippen LogP contribution in [0, 0.1) is 0 Å². The summed E-state index contributed by atoms with van der Waals surface area (Å²) < 4.78 is 15.9. The zero-order chi connectivity index (χ0) is 24.8. The molecule has 3 N–H and O–H groups in total. The first-order valence-electron chi connectivity index (χ1n) is 11.7. The molecule has 186 valence electrons. The highest BCUT2D eigenvalue weighted by Crippen LogP contribution is 2.44. The third-order valence-electron chi connectivity index (χ3n) is 6.59. The number of amides is 2. The molecule has 0 spiro atoms. The zero-order valence-electron chi connectivity index (χ0n) is 19.6. The summed E-state index contributed by atoms with van der Waals surface area (Å²) in [7, 11) is 1.53. The van der Waals surface area contributed by atoms with Crippen LogP contribution in [0.15, 0.2) is 48.5 Å². The van der Waals surface area contributed by atoms with Gasteiger partial charge >= 0.3 is 12.1 Å². The second-order valence-corrected chi connectivity index (χ2v) is 8.83. The molecular formula is C26H30N2O7. The smallest absolute Gasteiger partial charge is 0.408 e. The van der Waals surface area contributed by atoms with E-state index < -0.39 is 29.6 Å². The van der Waals surface area contributed by atoms with Gasteiger partial charge in [-0.2, -0.15) is 0 Å². The fraction of sp³-hybridized carbons (Fsp3) is 0.423. The number of rotatable bonds is 10. The summed E-state index contributed by atoms with van der Waals surface area (Å²) in [6.45, 7) is 0.686. The van der Waals surface area contributed by atoms with Gasteiger partial charge in [0.1, 0.15) is 18.2 Å². The first-order valence-corrected chi connectivity index (χ1v) is 11.7. The SMILES string of the molecule is COCCCC(NC(=O)C1(NC(=O)OCC2c3ccccc3-c3ccccc32)CCOC1)C(=O)O. The molecule has 2 amide bonds. The van der Waals surface area contributed by atoms with Gasteiger partial charge in [-0.25, -0.2) is 9.59 Å². The number of hydrogen-bond donors (Lipinski definition) is 3. The Kier molecular flexibility index (Phi) is 7.67. The number of ether oxygens (including phenoxy) is 3. The van der Waals surface area contributed by atoms with E-state index in [9.17, 15) is 19.5 Å². The lowest BCUT2D eigenvalue weighted by Gasteiger charge is -2.29. The third-order valence-corrected chi connectivity index (χ3v) is 6.59. The van der Waals surface area contributed by atoms with Gasteiger partial charge in [-0.3, -0.25) is 4.79 Å². The Morgan fingerprint density at radius 1 is 1.11 bits per heavy atom. The number of carbonyl (C=O) groups excluding carboxylic acids is 2. The molecule has 2 aromatic rings. The first kappa shape index (κ1) is 24.7. The highest BCUT2D eigenvalue weighted by Gasteiger charge is 2.45. The highest BCUT2D eigenvalue weighted by atomic mass is 16.6. The van der Waals surface area contributed by atoms with Crippen LogP contribution in [0.25, 0.3) is 11.1 Å². The monoisotopic (exact) mass is 482 g/mol. The van der Waals surface area contributed by atoms with Crippen molar-refractivity contribution in [2.24, 2.45) is 0 Å². The van der Waals surface area contributed by atoms with Crippen LogP contribution in [0.3, 0.4) is 0 Å². The quantitative estimate of drug-likeness (QED) is 0.445. The molecular weight excluding hydrogens is 452 g/mol. The van der Waals surface area contributed by atoms with Gasteiger partial charge < -0.3 is 30.0 Å². The van der Waals surface area contributed by atoms with E-state index in [4.69, 9.17) is 14.2 Å². The third kappa shape index (κ3) is 5.31. The molecule has 1 saturated heterocycles. The summed E-state index contributed by atoms with van der Waals surface area (Å²) in [6, 6.07) is 14.9. The summed E-state index contributed by atoms with van der Waals surface area (Å²) in [5.41, 5.74) is 3.00. The van der Waals surface area contributed by atoms with Crippen LogP contribution in [0.2, 0.25) is 0 Å². The molecule has 1 aliphatic heterocycles. The van der Waals surface area contributed by atoms with Crippen molar-refractivity contribution < 1.29 is 33.7 Å². The molecule has 9 heteroatoms. The number of methoxy groups -OCH3 is 1. The Balaban J connectivity index is 1.41. The van der Waals surface area contributed by atoms with E-state index in [1.54, 1.807) is 0 Å². The maximum absolute atomic E-state index is 13.1. The van der Waals surface area contributed by atoms with Crippen molar-refractivity contribution in [1.82, 2.24) is 10.6 Å². The van der Waals surface area contributed by atoms with E-state index in [1.807, 2.05) is 36.4 Å². The van der Waals surface area contributed by atoms with Gasteiger partial charge in [0.05, 0.1) is 6.61 Å². The van der Waals surface area contributed by atoms with Crippen molar-refractivity contribution >= 4 is 18.0 Å². The number of alkyl carbamates (subject to hydrolysis) is 1. The van der Waals surface area contributed by atoms with Crippen molar-refractivity contribution in [2.45, 2.75) is 36.8 Å². The van der Waals surface area contributed by atoms with Gasteiger partial charge in [-0.1, -0.05) is 48.5 Å². The second kappa shape index (κ2) is 10.9. The molecule has 0 saturated carbocycles. The van der Waals surface area contributed by atoms with Crippen LogP contribution in [0.4, 0.5) is 4.79 Å². The average molecular weight is 483 g/mol. The van der Waals surface area contributed by atoms with Gasteiger partial charge in [0, 0.05) is 32.7 Å². The molecule has 1 heterocycles. The number of benzene rings is 2. The number of carbonyl (C=O) groups is 3. The lowest BCUT2D eigenvalue weighted by atomic mass is 9.96. The Bertz CT molecular complexity index is 1040. The van der Waals surface area contributed by atoms with Crippen molar-refractivity contribution in [1.29, 1.82) is 0 Å². The van der Waals surface area contributed by atoms with Crippen LogP contribution in [0.1, 0.15) is 36.3 Å².